The smallest absolute Gasteiger partial charge is 0.326 e. The highest BCUT2D eigenvalue weighted by atomic mass is 32.1. The topological polar surface area (TPSA) is 96.5 Å². The number of hydrogen-bond acceptors (Lipinski definition) is 5. The molecule has 3 N–H and O–H groups in total. The average Bonchev–Trinajstić information content (AvgIpc) is 2.74. The lowest BCUT2D eigenvalue weighted by Crippen LogP contribution is -2.40. The van der Waals surface area contributed by atoms with Crippen molar-refractivity contribution in [2.75, 3.05) is 7.05 Å². The molecule has 0 fully saturated rings. The maximum Gasteiger partial charge on any atom is 0.326 e. The van der Waals surface area contributed by atoms with E-state index >= 15 is 0 Å². The minimum Gasteiger partial charge on any atom is -0.480 e. The molecule has 0 saturated heterocycles. The lowest BCUT2D eigenvalue weighted by Gasteiger charge is -2.20. The lowest BCUT2D eigenvalue weighted by molar-refractivity contribution is -0.141. The number of carboxylic acids is 1. The van der Waals surface area contributed by atoms with Gasteiger partial charge in [0, 0.05) is 19.0 Å². The number of nitrogens with zero attached hydrogens (tertiary/aromatic N) is 2. The van der Waals surface area contributed by atoms with E-state index < -0.39 is 17.9 Å². The number of carbonyl (C=O) groups excluding carboxylic acids is 1. The van der Waals surface area contributed by atoms with Crippen LogP contribution in [0.15, 0.2) is 5.38 Å². The van der Waals surface area contributed by atoms with Gasteiger partial charge in [0.2, 0.25) is 0 Å². The van der Waals surface area contributed by atoms with Gasteiger partial charge in [-0.1, -0.05) is 0 Å². The molecule has 0 aliphatic heterocycles. The van der Waals surface area contributed by atoms with Crippen molar-refractivity contribution in [2.24, 2.45) is 5.73 Å². The molecule has 0 aliphatic rings. The van der Waals surface area contributed by atoms with Crippen LogP contribution in [-0.2, 0) is 11.3 Å². The number of hydrogen-bond donors (Lipinski definition) is 2. The van der Waals surface area contributed by atoms with Crippen molar-refractivity contribution in [1.29, 1.82) is 0 Å². The molecule has 1 amide bonds. The molecule has 1 unspecified atom stereocenters. The fourth-order valence-electron chi connectivity index (χ4n) is 1.03. The fourth-order valence-corrected chi connectivity index (χ4v) is 1.67. The SMILES string of the molecule is CC(C(=O)O)N(C)C(=O)c1csc(CN)n1. The predicted octanol–water partition coefficient (Wildman–Crippen LogP) is 0.147. The molecular weight excluding hydrogens is 230 g/mol. The van der Waals surface area contributed by atoms with E-state index in [2.05, 4.69) is 4.98 Å². The van der Waals surface area contributed by atoms with Crippen LogP contribution < -0.4 is 5.73 Å². The van der Waals surface area contributed by atoms with Gasteiger partial charge in [-0.05, 0) is 6.92 Å². The Labute approximate surface area is 96.7 Å². The van der Waals surface area contributed by atoms with Crippen molar-refractivity contribution in [3.8, 4) is 0 Å². The van der Waals surface area contributed by atoms with Crippen LogP contribution in [0.4, 0.5) is 0 Å². The van der Waals surface area contributed by atoms with Crippen molar-refractivity contribution in [1.82, 2.24) is 9.88 Å². The summed E-state index contributed by atoms with van der Waals surface area (Å²) in [5.41, 5.74) is 5.61. The van der Waals surface area contributed by atoms with E-state index in [4.69, 9.17) is 10.8 Å². The molecule has 0 saturated carbocycles. The van der Waals surface area contributed by atoms with Gasteiger partial charge < -0.3 is 15.7 Å². The van der Waals surface area contributed by atoms with Gasteiger partial charge in [-0.3, -0.25) is 4.79 Å². The van der Waals surface area contributed by atoms with Gasteiger partial charge in [-0.15, -0.1) is 11.3 Å². The van der Waals surface area contributed by atoms with Crippen LogP contribution in [0.5, 0.6) is 0 Å². The minimum atomic E-state index is -1.05. The normalized spacial score (nSPS) is 12.2. The second-order valence-electron chi connectivity index (χ2n) is 3.26. The number of carboxylic acid groups (broad SMARTS) is 1. The Morgan fingerprint density at radius 1 is 1.69 bits per heavy atom. The van der Waals surface area contributed by atoms with E-state index in [9.17, 15) is 9.59 Å². The van der Waals surface area contributed by atoms with Gasteiger partial charge in [0.1, 0.15) is 16.7 Å². The summed E-state index contributed by atoms with van der Waals surface area (Å²) in [5.74, 6) is -1.46. The number of nitrogens with two attached hydrogens (primary N) is 1. The fraction of sp³-hybridized carbons (Fsp3) is 0.444. The van der Waals surface area contributed by atoms with Crippen LogP contribution in [0, 0.1) is 0 Å². The highest BCUT2D eigenvalue weighted by Gasteiger charge is 2.24. The first-order chi connectivity index (χ1) is 7.47. The number of aliphatic carboxylic acids is 1. The zero-order valence-electron chi connectivity index (χ0n) is 9.01. The summed E-state index contributed by atoms with van der Waals surface area (Å²) in [6, 6.07) is -0.879. The molecule has 1 heterocycles. The molecule has 6 nitrogen and oxygen atoms in total. The van der Waals surface area contributed by atoms with Crippen LogP contribution in [-0.4, -0.2) is 40.0 Å². The van der Waals surface area contributed by atoms with Crippen molar-refractivity contribution >= 4 is 23.2 Å². The van der Waals surface area contributed by atoms with Crippen LogP contribution >= 0.6 is 11.3 Å². The highest BCUT2D eigenvalue weighted by molar-refractivity contribution is 7.09. The number of rotatable bonds is 4. The Morgan fingerprint density at radius 3 is 2.75 bits per heavy atom. The molecule has 1 atom stereocenters. The largest absolute Gasteiger partial charge is 0.480 e. The third kappa shape index (κ3) is 2.56. The van der Waals surface area contributed by atoms with E-state index in [1.54, 1.807) is 5.38 Å². The first kappa shape index (κ1) is 12.6. The molecule has 0 bridgehead atoms. The van der Waals surface area contributed by atoms with Gasteiger partial charge in [0.15, 0.2) is 0 Å². The average molecular weight is 243 g/mol. The quantitative estimate of drug-likeness (QED) is 0.784. The Morgan fingerprint density at radius 2 is 2.31 bits per heavy atom. The second kappa shape index (κ2) is 5.04. The Balaban J connectivity index is 2.81. The Kier molecular flexibility index (Phi) is 3.97. The maximum absolute atomic E-state index is 11.8. The zero-order chi connectivity index (χ0) is 12.3. The summed E-state index contributed by atoms with van der Waals surface area (Å²) < 4.78 is 0. The first-order valence-corrected chi connectivity index (χ1v) is 5.49. The van der Waals surface area contributed by atoms with Gasteiger partial charge in [0.25, 0.3) is 5.91 Å². The third-order valence-electron chi connectivity index (χ3n) is 2.20. The van der Waals surface area contributed by atoms with E-state index in [-0.39, 0.29) is 12.2 Å². The first-order valence-electron chi connectivity index (χ1n) is 4.61. The van der Waals surface area contributed by atoms with Crippen molar-refractivity contribution in [3.63, 3.8) is 0 Å². The molecular formula is C9H13N3O3S. The summed E-state index contributed by atoms with van der Waals surface area (Å²) in [4.78, 5) is 27.6. The molecule has 1 rings (SSSR count). The summed E-state index contributed by atoms with van der Waals surface area (Å²) in [7, 11) is 1.43. The number of carbonyl (C=O) groups is 2. The summed E-state index contributed by atoms with van der Waals surface area (Å²) in [6.07, 6.45) is 0. The Bertz CT molecular complexity index is 404. The van der Waals surface area contributed by atoms with Crippen LogP contribution in [0.2, 0.25) is 0 Å². The predicted molar refractivity (Wildman–Crippen MR) is 59.2 cm³/mol. The van der Waals surface area contributed by atoms with Crippen LogP contribution in [0.3, 0.4) is 0 Å². The minimum absolute atomic E-state index is 0.237. The number of likely N-dealkylation sites (N-methyl/N-ethyl adjacent to an activating group) is 1. The van der Waals surface area contributed by atoms with Crippen LogP contribution in [0.1, 0.15) is 22.4 Å². The van der Waals surface area contributed by atoms with E-state index in [1.807, 2.05) is 0 Å². The molecule has 16 heavy (non-hydrogen) atoms. The Hall–Kier alpha value is -1.47. The van der Waals surface area contributed by atoms with Crippen molar-refractivity contribution in [2.45, 2.75) is 19.5 Å². The highest BCUT2D eigenvalue weighted by Crippen LogP contribution is 2.12. The van der Waals surface area contributed by atoms with Gasteiger partial charge >= 0.3 is 5.97 Å². The van der Waals surface area contributed by atoms with Crippen LogP contribution in [0.25, 0.3) is 0 Å². The van der Waals surface area contributed by atoms with E-state index in [0.717, 1.165) is 4.90 Å². The molecule has 88 valence electrons. The van der Waals surface area contributed by atoms with Gasteiger partial charge in [-0.25, -0.2) is 9.78 Å². The van der Waals surface area contributed by atoms with E-state index in [1.165, 1.54) is 25.3 Å². The second-order valence-corrected chi connectivity index (χ2v) is 4.20. The number of amides is 1. The molecule has 7 heteroatoms. The molecule has 0 aliphatic carbocycles. The monoisotopic (exact) mass is 243 g/mol. The number of aromatic nitrogens is 1. The molecule has 1 aromatic rings. The summed E-state index contributed by atoms with van der Waals surface area (Å²) in [5, 5.41) is 11.0. The summed E-state index contributed by atoms with van der Waals surface area (Å²) in [6.45, 7) is 1.71. The van der Waals surface area contributed by atoms with E-state index in [0.29, 0.717) is 5.01 Å². The lowest BCUT2D eigenvalue weighted by atomic mass is 10.3. The number of thiazole rings is 1. The van der Waals surface area contributed by atoms with Crippen molar-refractivity contribution in [3.05, 3.63) is 16.1 Å². The molecule has 1 aromatic heterocycles. The van der Waals surface area contributed by atoms with Gasteiger partial charge in [0.05, 0.1) is 0 Å². The summed E-state index contributed by atoms with van der Waals surface area (Å²) >= 11 is 1.28. The maximum atomic E-state index is 11.8. The molecule has 0 spiro atoms. The standard InChI is InChI=1S/C9H13N3O3S/c1-5(9(14)15)12(2)8(13)6-4-16-7(3-10)11-6/h4-5H,3,10H2,1-2H3,(H,14,15). The zero-order valence-corrected chi connectivity index (χ0v) is 9.82. The molecule has 0 radical (unpaired) electrons. The van der Waals surface area contributed by atoms with Crippen molar-refractivity contribution < 1.29 is 14.7 Å². The van der Waals surface area contributed by atoms with Gasteiger partial charge in [-0.2, -0.15) is 0 Å². The third-order valence-corrected chi connectivity index (χ3v) is 3.08. The molecule has 0 aromatic carbocycles.